The van der Waals surface area contributed by atoms with E-state index in [1.54, 1.807) is 7.11 Å². The third-order valence-corrected chi connectivity index (χ3v) is 4.19. The summed E-state index contributed by atoms with van der Waals surface area (Å²) in [5, 5.41) is 10.9. The molecule has 2 saturated carbocycles. The summed E-state index contributed by atoms with van der Waals surface area (Å²) in [5.41, 5.74) is 0.762. The average Bonchev–Trinajstić information content (AvgIpc) is 3.21. The molecule has 17 heavy (non-hydrogen) atoms. The molecular weight excluding hydrogens is 212 g/mol. The summed E-state index contributed by atoms with van der Waals surface area (Å²) in [6.07, 6.45) is 5.61. The minimum atomic E-state index is -0.438. The Morgan fingerprint density at radius 1 is 1.24 bits per heavy atom. The Morgan fingerprint density at radius 3 is 2.41 bits per heavy atom. The molecule has 2 aliphatic carbocycles. The van der Waals surface area contributed by atoms with E-state index >= 15 is 0 Å². The zero-order valence-corrected chi connectivity index (χ0v) is 10.4. The van der Waals surface area contributed by atoms with E-state index in [1.807, 2.05) is 12.1 Å². The summed E-state index contributed by atoms with van der Waals surface area (Å²) in [7, 11) is 1.69. The molecule has 2 heteroatoms. The molecule has 0 aromatic heterocycles. The molecular formula is C15H20O2. The van der Waals surface area contributed by atoms with E-state index in [1.165, 1.54) is 31.2 Å². The lowest BCUT2D eigenvalue weighted by atomic mass is 9.85. The van der Waals surface area contributed by atoms with Crippen molar-refractivity contribution in [3.63, 3.8) is 0 Å². The van der Waals surface area contributed by atoms with Gasteiger partial charge in [0.05, 0.1) is 12.7 Å². The van der Waals surface area contributed by atoms with E-state index in [2.05, 4.69) is 12.1 Å². The number of methoxy groups -OCH3 is 1. The molecule has 0 heterocycles. The summed E-state index contributed by atoms with van der Waals surface area (Å²) in [4.78, 5) is 0. The van der Waals surface area contributed by atoms with Crippen molar-refractivity contribution >= 4 is 0 Å². The zero-order chi connectivity index (χ0) is 11.9. The molecule has 0 saturated heterocycles. The van der Waals surface area contributed by atoms with Gasteiger partial charge in [-0.05, 0) is 55.2 Å². The van der Waals surface area contributed by atoms with Gasteiger partial charge in [-0.25, -0.2) is 0 Å². The second-order valence-electron chi connectivity index (χ2n) is 5.57. The zero-order valence-electron chi connectivity index (χ0n) is 10.4. The maximum atomic E-state index is 10.9. The topological polar surface area (TPSA) is 29.5 Å². The van der Waals surface area contributed by atoms with Crippen molar-refractivity contribution in [1.82, 2.24) is 0 Å². The Balaban J connectivity index is 1.79. The molecule has 2 fully saturated rings. The first-order valence-electron chi connectivity index (χ1n) is 6.57. The van der Waals surface area contributed by atoms with Gasteiger partial charge in [0.25, 0.3) is 0 Å². The third-order valence-electron chi connectivity index (χ3n) is 4.19. The van der Waals surface area contributed by atoms with E-state index < -0.39 is 5.60 Å². The summed E-state index contributed by atoms with van der Waals surface area (Å²) in [5.74, 6) is 1.97. The second kappa shape index (κ2) is 4.02. The summed E-state index contributed by atoms with van der Waals surface area (Å²) in [6, 6.07) is 8.11. The quantitative estimate of drug-likeness (QED) is 0.846. The normalized spacial score (nSPS) is 20.4. The van der Waals surface area contributed by atoms with E-state index in [0.717, 1.165) is 12.2 Å². The van der Waals surface area contributed by atoms with Crippen molar-refractivity contribution in [2.75, 3.05) is 7.11 Å². The molecule has 0 unspecified atom stereocenters. The number of rotatable bonds is 5. The molecule has 0 amide bonds. The van der Waals surface area contributed by atoms with Crippen molar-refractivity contribution < 1.29 is 9.84 Å². The van der Waals surface area contributed by atoms with Crippen molar-refractivity contribution in [3.05, 3.63) is 29.8 Å². The molecule has 2 aliphatic rings. The van der Waals surface area contributed by atoms with Crippen LogP contribution < -0.4 is 4.74 Å². The lowest BCUT2D eigenvalue weighted by Crippen LogP contribution is -2.36. The van der Waals surface area contributed by atoms with Crippen molar-refractivity contribution in [2.45, 2.75) is 37.7 Å². The minimum absolute atomic E-state index is 0.438. The van der Waals surface area contributed by atoms with Crippen molar-refractivity contribution in [3.8, 4) is 5.75 Å². The van der Waals surface area contributed by atoms with Crippen LogP contribution in [-0.2, 0) is 6.42 Å². The molecule has 0 spiro atoms. The molecule has 1 aromatic carbocycles. The highest BCUT2D eigenvalue weighted by molar-refractivity contribution is 5.30. The molecule has 0 aliphatic heterocycles. The predicted molar refractivity (Wildman–Crippen MR) is 67.1 cm³/mol. The van der Waals surface area contributed by atoms with Gasteiger partial charge in [-0.3, -0.25) is 0 Å². The summed E-state index contributed by atoms with van der Waals surface area (Å²) in [6.45, 7) is 0. The fourth-order valence-corrected chi connectivity index (χ4v) is 2.90. The van der Waals surface area contributed by atoms with Crippen LogP contribution in [-0.4, -0.2) is 17.8 Å². The number of benzene rings is 1. The Hall–Kier alpha value is -1.02. The first-order valence-corrected chi connectivity index (χ1v) is 6.57. The first-order chi connectivity index (χ1) is 8.22. The fourth-order valence-electron chi connectivity index (χ4n) is 2.90. The Labute approximate surface area is 103 Å². The average molecular weight is 232 g/mol. The van der Waals surface area contributed by atoms with E-state index in [-0.39, 0.29) is 0 Å². The number of hydrogen-bond acceptors (Lipinski definition) is 2. The Kier molecular flexibility index (Phi) is 2.62. The summed E-state index contributed by atoms with van der Waals surface area (Å²) < 4.78 is 5.24. The molecule has 92 valence electrons. The van der Waals surface area contributed by atoms with Gasteiger partial charge in [0.2, 0.25) is 0 Å². The predicted octanol–water partition coefficient (Wildman–Crippen LogP) is 2.79. The molecule has 1 aromatic rings. The van der Waals surface area contributed by atoms with Crippen LogP contribution >= 0.6 is 0 Å². The van der Waals surface area contributed by atoms with Gasteiger partial charge >= 0.3 is 0 Å². The van der Waals surface area contributed by atoms with Gasteiger partial charge in [-0.1, -0.05) is 12.1 Å². The van der Waals surface area contributed by atoms with Crippen LogP contribution in [0.4, 0.5) is 0 Å². The molecule has 0 bridgehead atoms. The first kappa shape index (κ1) is 11.1. The molecule has 3 rings (SSSR count). The monoisotopic (exact) mass is 232 g/mol. The maximum absolute atomic E-state index is 10.9. The molecule has 0 atom stereocenters. The number of hydrogen-bond donors (Lipinski definition) is 1. The van der Waals surface area contributed by atoms with Crippen molar-refractivity contribution in [1.29, 1.82) is 0 Å². The Bertz CT molecular complexity index is 393. The lowest BCUT2D eigenvalue weighted by Gasteiger charge is -2.28. The van der Waals surface area contributed by atoms with Crippen LogP contribution in [0, 0.1) is 11.8 Å². The van der Waals surface area contributed by atoms with Crippen LogP contribution in [0.25, 0.3) is 0 Å². The van der Waals surface area contributed by atoms with Gasteiger partial charge in [0.1, 0.15) is 5.75 Å². The smallest absolute Gasteiger partial charge is 0.119 e. The standard InChI is InChI=1S/C15H20O2/c1-17-14-4-2-3-11(9-14)10-15(16,12-5-6-12)13-7-8-13/h2-4,9,12-13,16H,5-8,10H2,1H3. The lowest BCUT2D eigenvalue weighted by molar-refractivity contribution is -0.00455. The molecule has 0 radical (unpaired) electrons. The third kappa shape index (κ3) is 2.19. The van der Waals surface area contributed by atoms with Crippen molar-refractivity contribution in [2.24, 2.45) is 11.8 Å². The van der Waals surface area contributed by atoms with E-state index in [4.69, 9.17) is 4.74 Å². The van der Waals surface area contributed by atoms with Gasteiger partial charge < -0.3 is 9.84 Å². The van der Waals surface area contributed by atoms with E-state index in [9.17, 15) is 5.11 Å². The van der Waals surface area contributed by atoms with Crippen LogP contribution in [0.2, 0.25) is 0 Å². The van der Waals surface area contributed by atoms with Gasteiger partial charge in [0, 0.05) is 6.42 Å². The Morgan fingerprint density at radius 2 is 1.88 bits per heavy atom. The van der Waals surface area contributed by atoms with Gasteiger partial charge in [-0.2, -0.15) is 0 Å². The maximum Gasteiger partial charge on any atom is 0.119 e. The van der Waals surface area contributed by atoms with Crippen LogP contribution in [0.5, 0.6) is 5.75 Å². The highest BCUT2D eigenvalue weighted by Crippen LogP contribution is 2.53. The molecule has 2 nitrogen and oxygen atoms in total. The largest absolute Gasteiger partial charge is 0.497 e. The van der Waals surface area contributed by atoms with Gasteiger partial charge in [0.15, 0.2) is 0 Å². The van der Waals surface area contributed by atoms with Crippen LogP contribution in [0.3, 0.4) is 0 Å². The van der Waals surface area contributed by atoms with E-state index in [0.29, 0.717) is 11.8 Å². The second-order valence-corrected chi connectivity index (χ2v) is 5.57. The highest BCUT2D eigenvalue weighted by Gasteiger charge is 2.52. The molecule has 1 N–H and O–H groups in total. The SMILES string of the molecule is COc1cccc(CC(O)(C2CC2)C2CC2)c1. The summed E-state index contributed by atoms with van der Waals surface area (Å²) >= 11 is 0. The fraction of sp³-hybridized carbons (Fsp3) is 0.600. The van der Waals surface area contributed by atoms with Crippen LogP contribution in [0.1, 0.15) is 31.2 Å². The minimum Gasteiger partial charge on any atom is -0.497 e. The van der Waals surface area contributed by atoms with Crippen LogP contribution in [0.15, 0.2) is 24.3 Å². The van der Waals surface area contributed by atoms with Gasteiger partial charge in [-0.15, -0.1) is 0 Å². The number of ether oxygens (including phenoxy) is 1. The number of aliphatic hydroxyl groups is 1. The highest BCUT2D eigenvalue weighted by atomic mass is 16.5.